The van der Waals surface area contributed by atoms with Gasteiger partial charge in [0.25, 0.3) is 0 Å². The van der Waals surface area contributed by atoms with Crippen molar-refractivity contribution in [3.8, 4) is 0 Å². The van der Waals surface area contributed by atoms with Crippen LogP contribution in [0.2, 0.25) is 0 Å². The number of amides is 1. The topological polar surface area (TPSA) is 106 Å². The Bertz CT molecular complexity index is 618. The Morgan fingerprint density at radius 3 is 3.17 bits per heavy atom. The van der Waals surface area contributed by atoms with Crippen molar-refractivity contribution in [2.75, 3.05) is 19.0 Å². The highest BCUT2D eigenvalue weighted by Gasteiger charge is 2.31. The van der Waals surface area contributed by atoms with Crippen LogP contribution in [0.15, 0.2) is 24.4 Å². The van der Waals surface area contributed by atoms with Gasteiger partial charge in [-0.05, 0) is 18.6 Å². The summed E-state index contributed by atoms with van der Waals surface area (Å²) in [5.41, 5.74) is 1.02. The van der Waals surface area contributed by atoms with E-state index < -0.39 is 0 Å². The fourth-order valence-corrected chi connectivity index (χ4v) is 3.43. The molecule has 1 saturated heterocycles. The number of carbonyl (C=O) groups excluding carboxylic acids is 1. The molecule has 0 radical (unpaired) electrons. The molecule has 24 heavy (non-hydrogen) atoms. The lowest BCUT2D eigenvalue weighted by Gasteiger charge is -2.20. The van der Waals surface area contributed by atoms with E-state index in [4.69, 9.17) is 4.74 Å². The van der Waals surface area contributed by atoms with Gasteiger partial charge in [-0.15, -0.1) is 10.2 Å². The molecule has 2 unspecified atom stereocenters. The first-order chi connectivity index (χ1) is 11.8. The number of hydrogen-bond donors (Lipinski definition) is 2. The molecular weight excluding hydrogens is 328 g/mol. The largest absolute Gasteiger partial charge is 0.381 e. The molecule has 3 heterocycles. The number of nitrogens with zero attached hydrogens (tertiary/aromatic N) is 4. The lowest BCUT2D eigenvalue weighted by molar-refractivity contribution is -0.121. The number of hydrogen-bond acceptors (Lipinski definition) is 7. The minimum atomic E-state index is -0.250. The summed E-state index contributed by atoms with van der Waals surface area (Å²) < 4.78 is 5.42. The molecule has 1 aliphatic rings. The molecule has 128 valence electrons. The molecule has 2 aromatic heterocycles. The molecule has 1 amide bonds. The highest BCUT2D eigenvalue weighted by Crippen LogP contribution is 2.26. The van der Waals surface area contributed by atoms with E-state index in [2.05, 4.69) is 30.9 Å². The molecule has 1 fully saturated rings. The van der Waals surface area contributed by atoms with Gasteiger partial charge in [0, 0.05) is 36.6 Å². The number of H-pyrrole nitrogens is 1. The van der Waals surface area contributed by atoms with Gasteiger partial charge in [-0.3, -0.25) is 9.78 Å². The van der Waals surface area contributed by atoms with Gasteiger partial charge in [-0.2, -0.15) is 17.0 Å². The van der Waals surface area contributed by atoms with Crippen LogP contribution in [0.3, 0.4) is 0 Å². The molecule has 3 rings (SSSR count). The fourth-order valence-electron chi connectivity index (χ4n) is 2.58. The Morgan fingerprint density at radius 1 is 1.50 bits per heavy atom. The first-order valence-corrected chi connectivity index (χ1v) is 9.06. The summed E-state index contributed by atoms with van der Waals surface area (Å²) in [6.07, 6.45) is 3.11. The molecular formula is C15H20N6O2S. The predicted molar refractivity (Wildman–Crippen MR) is 89.0 cm³/mol. The summed E-state index contributed by atoms with van der Waals surface area (Å²) in [5.74, 6) is 2.24. The number of ether oxygens (including phenoxy) is 1. The van der Waals surface area contributed by atoms with E-state index in [1.165, 1.54) is 0 Å². The third kappa shape index (κ3) is 4.75. The van der Waals surface area contributed by atoms with Gasteiger partial charge in [0.05, 0.1) is 18.3 Å². The Labute approximate surface area is 144 Å². The van der Waals surface area contributed by atoms with Gasteiger partial charge in [0.15, 0.2) is 5.82 Å². The lowest BCUT2D eigenvalue weighted by atomic mass is 9.98. The van der Waals surface area contributed by atoms with Crippen LogP contribution in [0.5, 0.6) is 0 Å². The summed E-state index contributed by atoms with van der Waals surface area (Å²) in [4.78, 5) is 16.5. The number of pyridine rings is 1. The first-order valence-electron chi connectivity index (χ1n) is 7.91. The van der Waals surface area contributed by atoms with Crippen LogP contribution in [-0.4, -0.2) is 50.5 Å². The quantitative estimate of drug-likeness (QED) is 0.688. The monoisotopic (exact) mass is 348 g/mol. The minimum absolute atomic E-state index is 0.00905. The summed E-state index contributed by atoms with van der Waals surface area (Å²) in [6.45, 7) is 1.31. The zero-order valence-corrected chi connectivity index (χ0v) is 14.0. The van der Waals surface area contributed by atoms with E-state index in [1.54, 1.807) is 18.0 Å². The van der Waals surface area contributed by atoms with Crippen LogP contribution in [-0.2, 0) is 15.3 Å². The molecule has 2 aromatic rings. The second-order valence-electron chi connectivity index (χ2n) is 5.56. The molecule has 2 atom stereocenters. The van der Waals surface area contributed by atoms with Crippen molar-refractivity contribution in [2.24, 2.45) is 5.92 Å². The van der Waals surface area contributed by atoms with E-state index in [1.807, 2.05) is 18.2 Å². The molecule has 0 aromatic carbocycles. The van der Waals surface area contributed by atoms with Crippen molar-refractivity contribution >= 4 is 17.7 Å². The maximum Gasteiger partial charge on any atom is 0.221 e. The summed E-state index contributed by atoms with van der Waals surface area (Å²) in [7, 11) is 0. The van der Waals surface area contributed by atoms with Gasteiger partial charge in [-0.1, -0.05) is 11.3 Å². The maximum atomic E-state index is 12.2. The second kappa shape index (κ2) is 8.74. The highest BCUT2D eigenvalue weighted by molar-refractivity contribution is 7.98. The molecule has 0 bridgehead atoms. The van der Waals surface area contributed by atoms with Crippen LogP contribution in [0.1, 0.15) is 30.4 Å². The number of nitrogens with one attached hydrogen (secondary N) is 2. The van der Waals surface area contributed by atoms with E-state index in [0.29, 0.717) is 25.5 Å². The first kappa shape index (κ1) is 16.8. The predicted octanol–water partition coefficient (Wildman–Crippen LogP) is 1.11. The molecule has 8 nitrogen and oxygen atoms in total. The fraction of sp³-hybridized carbons (Fsp3) is 0.533. The Balaban J connectivity index is 1.45. The minimum Gasteiger partial charge on any atom is -0.381 e. The van der Waals surface area contributed by atoms with E-state index in [0.717, 1.165) is 23.6 Å². The average Bonchev–Trinajstić information content (AvgIpc) is 3.31. The average molecular weight is 348 g/mol. The third-order valence-electron chi connectivity index (χ3n) is 3.84. The summed E-state index contributed by atoms with van der Waals surface area (Å²) in [5, 5.41) is 17.1. The van der Waals surface area contributed by atoms with Crippen molar-refractivity contribution in [2.45, 2.75) is 24.6 Å². The number of thioether (sulfide) groups is 1. The number of aromatic nitrogens is 5. The van der Waals surface area contributed by atoms with Gasteiger partial charge >= 0.3 is 0 Å². The molecule has 1 aliphatic heterocycles. The standard InChI is InChI=1S/C15H20N6O2S/c22-13(5-8-24-10-12-3-1-2-6-16-12)17-14(11-4-7-23-9-11)15-18-20-21-19-15/h1-3,6,11,14H,4-5,7-10H2,(H,17,22)(H,18,19,20,21). The maximum absolute atomic E-state index is 12.2. The zero-order valence-electron chi connectivity index (χ0n) is 13.2. The molecule has 0 spiro atoms. The third-order valence-corrected chi connectivity index (χ3v) is 4.83. The number of aromatic amines is 1. The molecule has 0 saturated carbocycles. The van der Waals surface area contributed by atoms with Crippen molar-refractivity contribution < 1.29 is 9.53 Å². The summed E-state index contributed by atoms with van der Waals surface area (Å²) >= 11 is 1.69. The van der Waals surface area contributed by atoms with Crippen LogP contribution >= 0.6 is 11.8 Å². The van der Waals surface area contributed by atoms with Crippen LogP contribution in [0.4, 0.5) is 0 Å². The normalized spacial score (nSPS) is 18.4. The zero-order chi connectivity index (χ0) is 16.6. The van der Waals surface area contributed by atoms with Gasteiger partial charge in [0.2, 0.25) is 5.91 Å². The lowest BCUT2D eigenvalue weighted by Crippen LogP contribution is -2.34. The smallest absolute Gasteiger partial charge is 0.221 e. The summed E-state index contributed by atoms with van der Waals surface area (Å²) in [6, 6.07) is 5.60. The van der Waals surface area contributed by atoms with Crippen molar-refractivity contribution in [1.29, 1.82) is 0 Å². The van der Waals surface area contributed by atoms with E-state index in [9.17, 15) is 4.79 Å². The van der Waals surface area contributed by atoms with Crippen LogP contribution in [0, 0.1) is 5.92 Å². The van der Waals surface area contributed by atoms with Gasteiger partial charge < -0.3 is 10.1 Å². The van der Waals surface area contributed by atoms with E-state index in [-0.39, 0.29) is 17.9 Å². The highest BCUT2D eigenvalue weighted by atomic mass is 32.2. The number of rotatable bonds is 8. The van der Waals surface area contributed by atoms with Crippen molar-refractivity contribution in [3.63, 3.8) is 0 Å². The Hall–Kier alpha value is -2.00. The molecule has 2 N–H and O–H groups in total. The Morgan fingerprint density at radius 2 is 2.46 bits per heavy atom. The molecule has 0 aliphatic carbocycles. The van der Waals surface area contributed by atoms with E-state index >= 15 is 0 Å². The van der Waals surface area contributed by atoms with Crippen molar-refractivity contribution in [3.05, 3.63) is 35.9 Å². The van der Waals surface area contributed by atoms with Crippen LogP contribution < -0.4 is 5.32 Å². The van der Waals surface area contributed by atoms with Crippen LogP contribution in [0.25, 0.3) is 0 Å². The van der Waals surface area contributed by atoms with Gasteiger partial charge in [0.1, 0.15) is 0 Å². The SMILES string of the molecule is O=C(CCSCc1ccccn1)NC(c1nn[nH]n1)C1CCOC1. The molecule has 9 heteroatoms. The number of carbonyl (C=O) groups is 1. The van der Waals surface area contributed by atoms with Gasteiger partial charge in [-0.25, -0.2) is 0 Å². The second-order valence-corrected chi connectivity index (χ2v) is 6.67. The number of tetrazole rings is 1. The van der Waals surface area contributed by atoms with Crippen molar-refractivity contribution in [1.82, 2.24) is 30.9 Å². The Kier molecular flexibility index (Phi) is 6.13.